The van der Waals surface area contributed by atoms with Crippen LogP contribution >= 0.6 is 11.3 Å². The fourth-order valence-corrected chi connectivity index (χ4v) is 2.26. The molecular formula is C11H18N2OS. The van der Waals surface area contributed by atoms with Crippen LogP contribution in [0.5, 0.6) is 0 Å². The molecule has 2 N–H and O–H groups in total. The summed E-state index contributed by atoms with van der Waals surface area (Å²) in [6.45, 7) is 4.60. The van der Waals surface area contributed by atoms with Gasteiger partial charge >= 0.3 is 0 Å². The van der Waals surface area contributed by atoms with Gasteiger partial charge in [0.1, 0.15) is 0 Å². The molecule has 84 valence electrons. The van der Waals surface area contributed by atoms with Crippen LogP contribution in [0.15, 0.2) is 11.4 Å². The number of carbonyl (C=O) groups is 1. The van der Waals surface area contributed by atoms with E-state index in [4.69, 9.17) is 5.73 Å². The number of hydrogen-bond donors (Lipinski definition) is 1. The average Bonchev–Trinajstić information content (AvgIpc) is 2.50. The zero-order valence-electron chi connectivity index (χ0n) is 9.49. The van der Waals surface area contributed by atoms with Gasteiger partial charge in [0.25, 0.3) is 0 Å². The zero-order chi connectivity index (χ0) is 11.4. The molecule has 0 spiro atoms. The minimum absolute atomic E-state index is 0.0654. The Bertz CT molecular complexity index is 333. The van der Waals surface area contributed by atoms with Crippen molar-refractivity contribution in [2.24, 2.45) is 5.73 Å². The van der Waals surface area contributed by atoms with Crippen molar-refractivity contribution < 1.29 is 4.79 Å². The molecule has 0 fully saturated rings. The quantitative estimate of drug-likeness (QED) is 0.850. The summed E-state index contributed by atoms with van der Waals surface area (Å²) in [5.41, 5.74) is 6.84. The van der Waals surface area contributed by atoms with Crippen molar-refractivity contribution in [3.8, 4) is 0 Å². The molecule has 15 heavy (non-hydrogen) atoms. The first-order valence-electron chi connectivity index (χ1n) is 5.03. The Kier molecular flexibility index (Phi) is 4.29. The van der Waals surface area contributed by atoms with Crippen LogP contribution in [0.25, 0.3) is 0 Å². The van der Waals surface area contributed by atoms with Crippen LogP contribution in [-0.2, 0) is 11.3 Å². The lowest BCUT2D eigenvalue weighted by Crippen LogP contribution is -2.31. The second-order valence-electron chi connectivity index (χ2n) is 3.96. The van der Waals surface area contributed by atoms with Crippen molar-refractivity contribution in [3.63, 3.8) is 0 Å². The monoisotopic (exact) mass is 226 g/mol. The summed E-state index contributed by atoms with van der Waals surface area (Å²) >= 11 is 1.69. The third-order valence-electron chi connectivity index (χ3n) is 2.27. The Morgan fingerprint density at radius 3 is 2.80 bits per heavy atom. The van der Waals surface area contributed by atoms with Gasteiger partial charge in [0, 0.05) is 24.4 Å². The molecule has 1 amide bonds. The maximum atomic E-state index is 11.6. The summed E-state index contributed by atoms with van der Waals surface area (Å²) in [7, 11) is 1.82. The van der Waals surface area contributed by atoms with E-state index in [1.165, 1.54) is 10.4 Å². The Morgan fingerprint density at radius 1 is 1.67 bits per heavy atom. The highest BCUT2D eigenvalue weighted by atomic mass is 32.1. The second kappa shape index (κ2) is 5.28. The number of hydrogen-bond acceptors (Lipinski definition) is 3. The van der Waals surface area contributed by atoms with E-state index in [0.29, 0.717) is 13.0 Å². The topological polar surface area (TPSA) is 46.3 Å². The number of nitrogens with zero attached hydrogens (tertiary/aromatic N) is 1. The summed E-state index contributed by atoms with van der Waals surface area (Å²) < 4.78 is 0. The molecule has 0 radical (unpaired) electrons. The van der Waals surface area contributed by atoms with Crippen LogP contribution in [0.3, 0.4) is 0 Å². The first kappa shape index (κ1) is 12.2. The molecule has 1 rings (SSSR count). The molecule has 0 aliphatic heterocycles. The van der Waals surface area contributed by atoms with Gasteiger partial charge in [0.2, 0.25) is 5.91 Å². The van der Waals surface area contributed by atoms with Crippen LogP contribution < -0.4 is 5.73 Å². The van der Waals surface area contributed by atoms with E-state index >= 15 is 0 Å². The van der Waals surface area contributed by atoms with Gasteiger partial charge in [0.05, 0.1) is 6.54 Å². The van der Waals surface area contributed by atoms with Crippen LogP contribution in [0.4, 0.5) is 0 Å². The van der Waals surface area contributed by atoms with Gasteiger partial charge in [-0.15, -0.1) is 11.3 Å². The second-order valence-corrected chi connectivity index (χ2v) is 4.96. The predicted octanol–water partition coefficient (Wildman–Crippen LogP) is 1.75. The van der Waals surface area contributed by atoms with Crippen LogP contribution in [0.2, 0.25) is 0 Å². The van der Waals surface area contributed by atoms with Gasteiger partial charge in [-0.3, -0.25) is 4.79 Å². The Balaban J connectivity index is 2.52. The molecule has 0 aliphatic rings. The fraction of sp³-hybridized carbons (Fsp3) is 0.545. The molecule has 0 saturated carbocycles. The van der Waals surface area contributed by atoms with Gasteiger partial charge < -0.3 is 10.6 Å². The molecule has 1 heterocycles. The molecule has 3 nitrogen and oxygen atoms in total. The molecule has 1 aromatic heterocycles. The first-order valence-corrected chi connectivity index (χ1v) is 5.91. The number of nitrogens with two attached hydrogens (primary N) is 1. The SMILES string of the molecule is Cc1ccsc1CN(C)C(=O)CC(C)N. The number of rotatable bonds is 4. The predicted molar refractivity (Wildman–Crippen MR) is 63.8 cm³/mol. The molecule has 1 unspecified atom stereocenters. The van der Waals surface area contributed by atoms with E-state index in [1.807, 2.05) is 14.0 Å². The molecule has 4 heteroatoms. The van der Waals surface area contributed by atoms with Crippen molar-refractivity contribution in [1.82, 2.24) is 4.90 Å². The van der Waals surface area contributed by atoms with Gasteiger partial charge in [-0.05, 0) is 30.9 Å². The Morgan fingerprint density at radius 2 is 2.33 bits per heavy atom. The Labute approximate surface area is 94.9 Å². The van der Waals surface area contributed by atoms with Gasteiger partial charge in [0.15, 0.2) is 0 Å². The summed E-state index contributed by atoms with van der Waals surface area (Å²) in [6, 6.07) is 2.01. The molecule has 0 bridgehead atoms. The summed E-state index contributed by atoms with van der Waals surface area (Å²) in [5, 5.41) is 2.05. The van der Waals surface area contributed by atoms with Gasteiger partial charge in [-0.1, -0.05) is 0 Å². The zero-order valence-corrected chi connectivity index (χ0v) is 10.3. The average molecular weight is 226 g/mol. The minimum Gasteiger partial charge on any atom is -0.341 e. The maximum Gasteiger partial charge on any atom is 0.224 e. The summed E-state index contributed by atoms with van der Waals surface area (Å²) in [5.74, 6) is 0.109. The van der Waals surface area contributed by atoms with E-state index in [2.05, 4.69) is 18.4 Å². The third kappa shape index (κ3) is 3.64. The standard InChI is InChI=1S/C11H18N2OS/c1-8-4-5-15-10(8)7-13(3)11(14)6-9(2)12/h4-5,9H,6-7,12H2,1-3H3. The molecule has 0 aromatic carbocycles. The molecule has 0 saturated heterocycles. The number of thiophene rings is 1. The smallest absolute Gasteiger partial charge is 0.224 e. The lowest BCUT2D eigenvalue weighted by atomic mass is 10.2. The number of carbonyl (C=O) groups excluding carboxylic acids is 1. The Hall–Kier alpha value is -0.870. The third-order valence-corrected chi connectivity index (χ3v) is 3.28. The lowest BCUT2D eigenvalue weighted by molar-refractivity contribution is -0.130. The number of amides is 1. The number of aryl methyl sites for hydroxylation is 1. The van der Waals surface area contributed by atoms with Crippen LogP contribution in [0.1, 0.15) is 23.8 Å². The van der Waals surface area contributed by atoms with Crippen LogP contribution in [-0.4, -0.2) is 23.9 Å². The van der Waals surface area contributed by atoms with Crippen molar-refractivity contribution in [3.05, 3.63) is 21.9 Å². The van der Waals surface area contributed by atoms with E-state index < -0.39 is 0 Å². The minimum atomic E-state index is -0.0654. The molecule has 0 aliphatic carbocycles. The van der Waals surface area contributed by atoms with Gasteiger partial charge in [-0.25, -0.2) is 0 Å². The molecule has 1 atom stereocenters. The highest BCUT2D eigenvalue weighted by molar-refractivity contribution is 7.10. The van der Waals surface area contributed by atoms with E-state index in [9.17, 15) is 4.79 Å². The highest BCUT2D eigenvalue weighted by Gasteiger charge is 2.12. The van der Waals surface area contributed by atoms with Crippen molar-refractivity contribution in [2.75, 3.05) is 7.05 Å². The van der Waals surface area contributed by atoms with Crippen LogP contribution in [0, 0.1) is 6.92 Å². The van der Waals surface area contributed by atoms with E-state index in [-0.39, 0.29) is 11.9 Å². The summed E-state index contributed by atoms with van der Waals surface area (Å²) in [4.78, 5) is 14.6. The van der Waals surface area contributed by atoms with Crippen molar-refractivity contribution >= 4 is 17.2 Å². The van der Waals surface area contributed by atoms with E-state index in [1.54, 1.807) is 16.2 Å². The van der Waals surface area contributed by atoms with E-state index in [0.717, 1.165) is 0 Å². The summed E-state index contributed by atoms with van der Waals surface area (Å²) in [6.07, 6.45) is 0.418. The lowest BCUT2D eigenvalue weighted by Gasteiger charge is -2.17. The molecule has 1 aromatic rings. The first-order chi connectivity index (χ1) is 7.00. The van der Waals surface area contributed by atoms with Crippen molar-refractivity contribution in [1.29, 1.82) is 0 Å². The highest BCUT2D eigenvalue weighted by Crippen LogP contribution is 2.17. The largest absolute Gasteiger partial charge is 0.341 e. The van der Waals surface area contributed by atoms with Gasteiger partial charge in [-0.2, -0.15) is 0 Å². The maximum absolute atomic E-state index is 11.6. The fourth-order valence-electron chi connectivity index (χ4n) is 1.30. The molecular weight excluding hydrogens is 208 g/mol. The van der Waals surface area contributed by atoms with Crippen molar-refractivity contribution in [2.45, 2.75) is 32.9 Å². The normalized spacial score (nSPS) is 12.5.